The Morgan fingerprint density at radius 2 is 2.00 bits per heavy atom. The molecule has 2 aromatic rings. The highest BCUT2D eigenvalue weighted by molar-refractivity contribution is 9.10. The number of rotatable bonds is 4. The molecule has 0 fully saturated rings. The van der Waals surface area contributed by atoms with Crippen LogP contribution in [0.5, 0.6) is 0 Å². The minimum absolute atomic E-state index is 0.606. The zero-order chi connectivity index (χ0) is 13.8. The number of nitrogens with zero attached hydrogens (tertiary/aromatic N) is 1. The summed E-state index contributed by atoms with van der Waals surface area (Å²) in [6.07, 6.45) is 2.02. The van der Waals surface area contributed by atoms with Gasteiger partial charge in [0.1, 0.15) is 6.10 Å². The molecule has 0 aliphatic carbocycles. The first-order chi connectivity index (χ1) is 9.08. The monoisotopic (exact) mass is 319 g/mol. The van der Waals surface area contributed by atoms with E-state index in [2.05, 4.69) is 46.9 Å². The second-order valence-corrected chi connectivity index (χ2v) is 5.97. The van der Waals surface area contributed by atoms with E-state index < -0.39 is 6.10 Å². The first-order valence-electron chi connectivity index (χ1n) is 6.45. The zero-order valence-corrected chi connectivity index (χ0v) is 12.8. The summed E-state index contributed by atoms with van der Waals surface area (Å²) < 4.78 is 0.830. The van der Waals surface area contributed by atoms with Crippen molar-refractivity contribution in [2.24, 2.45) is 5.92 Å². The van der Waals surface area contributed by atoms with Crippen LogP contribution in [0, 0.1) is 5.92 Å². The normalized spacial score (nSPS) is 12.7. The van der Waals surface area contributed by atoms with Gasteiger partial charge in [0.2, 0.25) is 0 Å². The van der Waals surface area contributed by atoms with Crippen LogP contribution in [0.25, 0.3) is 0 Å². The van der Waals surface area contributed by atoms with E-state index in [1.165, 1.54) is 5.56 Å². The Morgan fingerprint density at radius 1 is 1.21 bits per heavy atom. The number of pyridine rings is 1. The molecule has 0 bridgehead atoms. The lowest BCUT2D eigenvalue weighted by atomic mass is 9.98. The molecule has 1 aromatic heterocycles. The fraction of sp³-hybridized carbons (Fsp3) is 0.312. The number of aliphatic hydroxyl groups excluding tert-OH is 1. The number of benzene rings is 1. The summed E-state index contributed by atoms with van der Waals surface area (Å²) in [6, 6.07) is 11.8. The van der Waals surface area contributed by atoms with Crippen molar-refractivity contribution < 1.29 is 5.11 Å². The maximum absolute atomic E-state index is 10.4. The third-order valence-electron chi connectivity index (χ3n) is 2.96. The molecule has 2 rings (SSSR count). The second-order valence-electron chi connectivity index (χ2n) is 5.12. The van der Waals surface area contributed by atoms with Crippen LogP contribution in [0.2, 0.25) is 0 Å². The lowest BCUT2D eigenvalue weighted by Gasteiger charge is -2.14. The molecule has 0 radical (unpaired) electrons. The third-order valence-corrected chi connectivity index (χ3v) is 3.63. The highest BCUT2D eigenvalue weighted by atomic mass is 79.9. The van der Waals surface area contributed by atoms with Crippen LogP contribution < -0.4 is 0 Å². The smallest absolute Gasteiger partial charge is 0.122 e. The highest BCUT2D eigenvalue weighted by Gasteiger charge is 2.15. The molecular weight excluding hydrogens is 302 g/mol. The number of hydrogen-bond acceptors (Lipinski definition) is 2. The number of aliphatic hydroxyl groups is 1. The molecule has 100 valence electrons. The van der Waals surface area contributed by atoms with Gasteiger partial charge in [-0.25, -0.2) is 0 Å². The molecule has 0 aliphatic rings. The second kappa shape index (κ2) is 6.31. The first kappa shape index (κ1) is 14.2. The summed E-state index contributed by atoms with van der Waals surface area (Å²) in [5, 5.41) is 10.4. The van der Waals surface area contributed by atoms with Crippen molar-refractivity contribution in [3.8, 4) is 0 Å². The molecule has 0 aliphatic heterocycles. The molecule has 3 heteroatoms. The van der Waals surface area contributed by atoms with Crippen molar-refractivity contribution in [3.63, 3.8) is 0 Å². The van der Waals surface area contributed by atoms with Gasteiger partial charge in [0, 0.05) is 10.7 Å². The van der Waals surface area contributed by atoms with Crippen molar-refractivity contribution in [3.05, 3.63) is 63.9 Å². The van der Waals surface area contributed by atoms with Gasteiger partial charge in [-0.05, 0) is 51.5 Å². The van der Waals surface area contributed by atoms with Crippen molar-refractivity contribution in [1.82, 2.24) is 4.98 Å². The van der Waals surface area contributed by atoms with E-state index in [0.29, 0.717) is 11.6 Å². The minimum atomic E-state index is -0.692. The van der Waals surface area contributed by atoms with Crippen LogP contribution >= 0.6 is 15.9 Å². The summed E-state index contributed by atoms with van der Waals surface area (Å²) in [5.74, 6) is 0.606. The van der Waals surface area contributed by atoms with E-state index in [-0.39, 0.29) is 0 Å². The molecule has 19 heavy (non-hydrogen) atoms. The average molecular weight is 320 g/mol. The van der Waals surface area contributed by atoms with Gasteiger partial charge < -0.3 is 5.11 Å². The fourth-order valence-corrected chi connectivity index (χ4v) is 2.59. The molecule has 1 aromatic carbocycles. The topological polar surface area (TPSA) is 33.1 Å². The Hall–Kier alpha value is -1.19. The molecule has 1 N–H and O–H groups in total. The molecule has 0 saturated carbocycles. The van der Waals surface area contributed by atoms with Gasteiger partial charge in [0.05, 0.1) is 5.69 Å². The highest BCUT2D eigenvalue weighted by Crippen LogP contribution is 2.27. The maximum atomic E-state index is 10.4. The van der Waals surface area contributed by atoms with Crippen LogP contribution in [0.15, 0.2) is 47.1 Å². The summed E-state index contributed by atoms with van der Waals surface area (Å²) in [6.45, 7) is 4.39. The molecule has 1 heterocycles. The molecule has 2 nitrogen and oxygen atoms in total. The molecular formula is C16H18BrNO. The molecule has 0 spiro atoms. The minimum Gasteiger partial charge on any atom is -0.382 e. The van der Waals surface area contributed by atoms with E-state index >= 15 is 0 Å². The molecule has 0 saturated heterocycles. The summed E-state index contributed by atoms with van der Waals surface area (Å²) in [4.78, 5) is 4.25. The standard InChI is InChI=1S/C16H18BrNO/c1-11(2)9-12-5-3-6-13(10-12)16(19)15-14(17)7-4-8-18-15/h3-8,10-11,16,19H,9H2,1-2H3. The molecule has 0 amide bonds. The van der Waals surface area contributed by atoms with Crippen LogP contribution in [0.1, 0.15) is 36.8 Å². The molecule has 1 atom stereocenters. The Kier molecular flexibility index (Phi) is 4.72. The molecule has 1 unspecified atom stereocenters. The number of hydrogen-bond donors (Lipinski definition) is 1. The van der Waals surface area contributed by atoms with Crippen LogP contribution in [0.3, 0.4) is 0 Å². The predicted octanol–water partition coefficient (Wildman–Crippen LogP) is 4.12. The van der Waals surface area contributed by atoms with Crippen molar-refractivity contribution in [2.75, 3.05) is 0 Å². The summed E-state index contributed by atoms with van der Waals surface area (Å²) >= 11 is 3.43. The number of aromatic nitrogens is 1. The van der Waals surface area contributed by atoms with Crippen molar-refractivity contribution in [1.29, 1.82) is 0 Å². The van der Waals surface area contributed by atoms with Gasteiger partial charge in [-0.15, -0.1) is 0 Å². The van der Waals surface area contributed by atoms with E-state index in [1.807, 2.05) is 24.3 Å². The van der Waals surface area contributed by atoms with Crippen LogP contribution in [0.4, 0.5) is 0 Å². The van der Waals surface area contributed by atoms with Crippen LogP contribution in [-0.2, 0) is 6.42 Å². The van der Waals surface area contributed by atoms with Gasteiger partial charge in [-0.2, -0.15) is 0 Å². The lowest BCUT2D eigenvalue weighted by Crippen LogP contribution is -2.04. The van der Waals surface area contributed by atoms with E-state index in [4.69, 9.17) is 0 Å². The predicted molar refractivity (Wildman–Crippen MR) is 81.0 cm³/mol. The Morgan fingerprint density at radius 3 is 2.68 bits per heavy atom. The maximum Gasteiger partial charge on any atom is 0.122 e. The van der Waals surface area contributed by atoms with E-state index in [0.717, 1.165) is 16.5 Å². The lowest BCUT2D eigenvalue weighted by molar-refractivity contribution is 0.214. The zero-order valence-electron chi connectivity index (χ0n) is 11.2. The van der Waals surface area contributed by atoms with E-state index in [9.17, 15) is 5.11 Å². The summed E-state index contributed by atoms with van der Waals surface area (Å²) in [5.41, 5.74) is 2.79. The largest absolute Gasteiger partial charge is 0.382 e. The van der Waals surface area contributed by atoms with Crippen LogP contribution in [-0.4, -0.2) is 10.1 Å². The van der Waals surface area contributed by atoms with E-state index in [1.54, 1.807) is 6.20 Å². The fourth-order valence-electron chi connectivity index (χ4n) is 2.12. The van der Waals surface area contributed by atoms with Gasteiger partial charge in [0.25, 0.3) is 0 Å². The van der Waals surface area contributed by atoms with Gasteiger partial charge in [-0.3, -0.25) is 4.98 Å². The third kappa shape index (κ3) is 3.64. The Labute approximate surface area is 122 Å². The SMILES string of the molecule is CC(C)Cc1cccc(C(O)c2ncccc2Br)c1. The quantitative estimate of drug-likeness (QED) is 0.919. The van der Waals surface area contributed by atoms with Crippen molar-refractivity contribution in [2.45, 2.75) is 26.4 Å². The Bertz CT molecular complexity index is 554. The summed E-state index contributed by atoms with van der Waals surface area (Å²) in [7, 11) is 0. The average Bonchev–Trinajstić information content (AvgIpc) is 2.38. The number of halogens is 1. The van der Waals surface area contributed by atoms with Gasteiger partial charge in [-0.1, -0.05) is 38.1 Å². The van der Waals surface area contributed by atoms with Crippen molar-refractivity contribution >= 4 is 15.9 Å². The first-order valence-corrected chi connectivity index (χ1v) is 7.24. The van der Waals surface area contributed by atoms with Gasteiger partial charge >= 0.3 is 0 Å². The van der Waals surface area contributed by atoms with Gasteiger partial charge in [0.15, 0.2) is 0 Å². The Balaban J connectivity index is 2.29.